The average molecular weight is 458 g/mol. The van der Waals surface area contributed by atoms with Crippen molar-refractivity contribution in [1.82, 2.24) is 0 Å². The molecular formula is C21H22N4O6S. The molecule has 0 saturated carbocycles. The van der Waals surface area contributed by atoms with Crippen LogP contribution in [0.2, 0.25) is 0 Å². The van der Waals surface area contributed by atoms with Crippen LogP contribution >= 0.6 is 0 Å². The standard InChI is InChI=1S/C21H22N4O6S/c1-6-14(2)11-29-20-7-17(19(10-23)25-5)21(8-16(20)18(9-22)24-4)30-12-15(3)13-31-32(26,27)28/h7-8,14-15H,6,11-13H2,1-3H3,(H,26,27,28)/b18-16-,19-17+. The van der Waals surface area contributed by atoms with Gasteiger partial charge in [0.25, 0.3) is 11.4 Å². The van der Waals surface area contributed by atoms with Crippen molar-refractivity contribution in [3.63, 3.8) is 0 Å². The molecular weight excluding hydrogens is 436 g/mol. The van der Waals surface area contributed by atoms with E-state index in [0.717, 1.165) is 6.42 Å². The molecule has 0 fully saturated rings. The molecule has 0 heterocycles. The monoisotopic (exact) mass is 458 g/mol. The van der Waals surface area contributed by atoms with Crippen LogP contribution in [0.5, 0.6) is 11.5 Å². The number of hydrogen-bond acceptors (Lipinski definition) is 7. The van der Waals surface area contributed by atoms with Crippen molar-refractivity contribution in [2.24, 2.45) is 11.8 Å². The summed E-state index contributed by atoms with van der Waals surface area (Å²) < 4.78 is 45.9. The Kier molecular flexibility index (Phi) is 10.2. The number of ether oxygens (including phenoxy) is 2. The molecule has 0 aliphatic heterocycles. The van der Waals surface area contributed by atoms with Gasteiger partial charge in [-0.15, -0.1) is 0 Å². The topological polar surface area (TPSA) is 138 Å². The third-order valence-corrected chi connectivity index (χ3v) is 4.71. The molecule has 1 aromatic carbocycles. The van der Waals surface area contributed by atoms with Gasteiger partial charge in [0.05, 0.1) is 45.1 Å². The molecule has 1 rings (SSSR count). The van der Waals surface area contributed by atoms with Crippen molar-refractivity contribution < 1.29 is 26.6 Å². The van der Waals surface area contributed by atoms with Crippen LogP contribution in [0.1, 0.15) is 27.2 Å². The van der Waals surface area contributed by atoms with Gasteiger partial charge in [0.15, 0.2) is 0 Å². The van der Waals surface area contributed by atoms with E-state index in [-0.39, 0.29) is 52.5 Å². The number of nitriles is 2. The zero-order chi connectivity index (χ0) is 24.3. The summed E-state index contributed by atoms with van der Waals surface area (Å²) in [5.41, 5.74) is -0.548. The molecule has 0 aliphatic rings. The number of rotatable bonds is 10. The fourth-order valence-corrected chi connectivity index (χ4v) is 2.70. The molecule has 1 aromatic rings. The highest BCUT2D eigenvalue weighted by molar-refractivity contribution is 7.80. The maximum absolute atomic E-state index is 10.7. The van der Waals surface area contributed by atoms with Crippen LogP contribution in [-0.4, -0.2) is 32.8 Å². The highest BCUT2D eigenvalue weighted by Gasteiger charge is 2.15. The third-order valence-electron chi connectivity index (χ3n) is 4.27. The van der Waals surface area contributed by atoms with E-state index in [2.05, 4.69) is 13.9 Å². The zero-order valence-electron chi connectivity index (χ0n) is 17.8. The summed E-state index contributed by atoms with van der Waals surface area (Å²) >= 11 is 0. The molecule has 0 saturated heterocycles. The van der Waals surface area contributed by atoms with Gasteiger partial charge in [0.2, 0.25) is 0 Å². The van der Waals surface area contributed by atoms with Crippen LogP contribution in [-0.2, 0) is 14.6 Å². The Morgan fingerprint density at radius 2 is 1.44 bits per heavy atom. The first-order chi connectivity index (χ1) is 15.1. The minimum atomic E-state index is -4.61. The van der Waals surface area contributed by atoms with Crippen molar-refractivity contribution in [2.75, 3.05) is 19.8 Å². The van der Waals surface area contributed by atoms with Gasteiger partial charge in [-0.2, -0.15) is 8.42 Å². The molecule has 0 aromatic heterocycles. The molecule has 0 aliphatic carbocycles. The number of nitrogens with zero attached hydrogens (tertiary/aromatic N) is 4. The minimum Gasteiger partial charge on any atom is -0.494 e. The molecule has 10 nitrogen and oxygen atoms in total. The van der Waals surface area contributed by atoms with Crippen molar-refractivity contribution in [2.45, 2.75) is 27.2 Å². The molecule has 0 amide bonds. The van der Waals surface area contributed by atoms with Gasteiger partial charge in [-0.05, 0) is 18.1 Å². The van der Waals surface area contributed by atoms with E-state index in [1.807, 2.05) is 13.8 Å². The van der Waals surface area contributed by atoms with E-state index in [9.17, 15) is 18.9 Å². The van der Waals surface area contributed by atoms with Crippen LogP contribution in [0.4, 0.5) is 0 Å². The summed E-state index contributed by atoms with van der Waals surface area (Å²) in [4.78, 5) is 6.42. The third kappa shape index (κ3) is 7.91. The Morgan fingerprint density at radius 1 is 1.00 bits per heavy atom. The SMILES string of the molecule is [C-]#[N+]/C(C#N)=c1/cc(OCC(C)COS(=O)(=O)O)/c(=C(\C#N)[N+]#[C-])cc1OCC(C)CC. The molecule has 2 unspecified atom stereocenters. The summed E-state index contributed by atoms with van der Waals surface area (Å²) in [6.45, 7) is 19.9. The normalized spacial score (nSPS) is 14.5. The Bertz CT molecular complexity index is 1200. The minimum absolute atomic E-state index is 0.0403. The molecule has 2 atom stereocenters. The first-order valence-electron chi connectivity index (χ1n) is 9.45. The summed E-state index contributed by atoms with van der Waals surface area (Å²) in [5, 5.41) is 19.0. The van der Waals surface area contributed by atoms with E-state index in [1.54, 1.807) is 19.1 Å². The van der Waals surface area contributed by atoms with Gasteiger partial charge in [-0.3, -0.25) is 4.55 Å². The molecule has 0 radical (unpaired) electrons. The summed E-state index contributed by atoms with van der Waals surface area (Å²) in [5.74, 6) is -0.115. The second kappa shape index (κ2) is 12.3. The van der Waals surface area contributed by atoms with Gasteiger partial charge < -0.3 is 9.47 Å². The molecule has 168 valence electrons. The fourth-order valence-electron chi connectivity index (χ4n) is 2.29. The Morgan fingerprint density at radius 3 is 1.78 bits per heavy atom. The van der Waals surface area contributed by atoms with E-state index in [0.29, 0.717) is 6.61 Å². The summed E-state index contributed by atoms with van der Waals surface area (Å²) in [6, 6.07) is 6.30. The summed E-state index contributed by atoms with van der Waals surface area (Å²) in [7, 11) is -4.61. The van der Waals surface area contributed by atoms with Crippen molar-refractivity contribution in [3.05, 3.63) is 45.4 Å². The Balaban J connectivity index is 3.58. The van der Waals surface area contributed by atoms with Crippen molar-refractivity contribution in [3.8, 4) is 23.6 Å². The zero-order valence-corrected chi connectivity index (χ0v) is 18.6. The quantitative estimate of drug-likeness (QED) is 0.415. The lowest BCUT2D eigenvalue weighted by Crippen LogP contribution is -2.24. The maximum atomic E-state index is 10.7. The van der Waals surface area contributed by atoms with Crippen LogP contribution in [0.25, 0.3) is 21.1 Å². The van der Waals surface area contributed by atoms with Crippen LogP contribution < -0.4 is 19.9 Å². The van der Waals surface area contributed by atoms with Gasteiger partial charge in [0, 0.05) is 16.4 Å². The predicted molar refractivity (Wildman–Crippen MR) is 114 cm³/mol. The lowest BCUT2D eigenvalue weighted by Gasteiger charge is -2.16. The van der Waals surface area contributed by atoms with Crippen molar-refractivity contribution in [1.29, 1.82) is 10.5 Å². The van der Waals surface area contributed by atoms with Gasteiger partial charge in [0.1, 0.15) is 11.5 Å². The van der Waals surface area contributed by atoms with E-state index in [4.69, 9.17) is 27.2 Å². The van der Waals surface area contributed by atoms with Crippen LogP contribution in [0.3, 0.4) is 0 Å². The van der Waals surface area contributed by atoms with E-state index in [1.165, 1.54) is 12.1 Å². The molecule has 0 spiro atoms. The van der Waals surface area contributed by atoms with Crippen LogP contribution in [0.15, 0.2) is 12.1 Å². The highest BCUT2D eigenvalue weighted by atomic mass is 32.3. The van der Waals surface area contributed by atoms with Gasteiger partial charge in [-0.1, -0.05) is 27.2 Å². The first kappa shape index (κ1) is 26.4. The van der Waals surface area contributed by atoms with Gasteiger partial charge in [-0.25, -0.2) is 24.4 Å². The molecule has 32 heavy (non-hydrogen) atoms. The van der Waals surface area contributed by atoms with E-state index >= 15 is 0 Å². The molecule has 11 heteroatoms. The number of hydrogen-bond donors (Lipinski definition) is 1. The number of benzene rings is 1. The Hall–Kier alpha value is -3.61. The largest absolute Gasteiger partial charge is 0.494 e. The van der Waals surface area contributed by atoms with Crippen LogP contribution in [0, 0.1) is 47.6 Å². The lowest BCUT2D eigenvalue weighted by molar-refractivity contribution is 0.177. The maximum Gasteiger partial charge on any atom is 0.397 e. The smallest absolute Gasteiger partial charge is 0.397 e. The molecule has 0 bridgehead atoms. The van der Waals surface area contributed by atoms with Gasteiger partial charge >= 0.3 is 10.4 Å². The average Bonchev–Trinajstić information content (AvgIpc) is 2.76. The fraction of sp³-hybridized carbons (Fsp3) is 0.429. The Labute approximate surface area is 187 Å². The predicted octanol–water partition coefficient (Wildman–Crippen LogP) is 2.05. The van der Waals surface area contributed by atoms with E-state index < -0.39 is 16.3 Å². The summed E-state index contributed by atoms with van der Waals surface area (Å²) in [6.07, 6.45) is 0.835. The molecule has 1 N–H and O–H groups in total. The second-order valence-corrected chi connectivity index (χ2v) is 8.03. The lowest BCUT2D eigenvalue weighted by atomic mass is 10.1. The second-order valence-electron chi connectivity index (χ2n) is 6.94. The van der Waals surface area contributed by atoms with Crippen molar-refractivity contribution >= 4 is 21.8 Å². The highest BCUT2D eigenvalue weighted by Crippen LogP contribution is 2.15. The first-order valence-corrected chi connectivity index (χ1v) is 10.8.